The van der Waals surface area contributed by atoms with Gasteiger partial charge in [-0.05, 0) is 13.0 Å². The summed E-state index contributed by atoms with van der Waals surface area (Å²) >= 11 is 6.34. The molecule has 1 aliphatic heterocycles. The topological polar surface area (TPSA) is 101 Å². The van der Waals surface area contributed by atoms with Gasteiger partial charge < -0.3 is 5.32 Å². The molecular formula is C10H12ClN3O4S2. The Morgan fingerprint density at radius 2 is 2.30 bits per heavy atom. The van der Waals surface area contributed by atoms with Crippen LogP contribution in [0.3, 0.4) is 0 Å². The fourth-order valence-corrected chi connectivity index (χ4v) is 4.43. The van der Waals surface area contributed by atoms with Gasteiger partial charge in [0.05, 0.1) is 4.92 Å². The molecule has 0 bridgehead atoms. The molecule has 1 aromatic heterocycles. The van der Waals surface area contributed by atoms with Crippen molar-refractivity contribution < 1.29 is 13.3 Å². The van der Waals surface area contributed by atoms with Crippen molar-refractivity contribution in [1.82, 2.24) is 10.0 Å². The highest BCUT2D eigenvalue weighted by atomic mass is 35.5. The van der Waals surface area contributed by atoms with Gasteiger partial charge in [-0.2, -0.15) is 0 Å². The first kappa shape index (κ1) is 15.4. The molecule has 0 saturated carbocycles. The molecule has 0 amide bonds. The van der Waals surface area contributed by atoms with Crippen molar-refractivity contribution in [1.29, 1.82) is 0 Å². The van der Waals surface area contributed by atoms with Crippen LogP contribution in [0.2, 0.25) is 4.34 Å². The number of rotatable bonds is 5. The van der Waals surface area contributed by atoms with Crippen molar-refractivity contribution in [2.45, 2.75) is 10.6 Å². The van der Waals surface area contributed by atoms with Gasteiger partial charge in [-0.25, -0.2) is 13.1 Å². The molecule has 10 heteroatoms. The normalized spacial score (nSPS) is 15.9. The van der Waals surface area contributed by atoms with Crippen molar-refractivity contribution in [2.24, 2.45) is 0 Å². The summed E-state index contributed by atoms with van der Waals surface area (Å²) < 4.78 is 26.2. The standard InChI is InChI=1S/C10H12ClN3O4S2/c11-10-8(14(15)16)5-9(19-10)20(17,18)13-6-7-1-3-12-4-2-7/h1,5,12-13H,2-4,6H2. The van der Waals surface area contributed by atoms with Crippen LogP contribution >= 0.6 is 22.9 Å². The molecule has 1 aliphatic rings. The molecule has 0 aromatic carbocycles. The van der Waals surface area contributed by atoms with Crippen LogP contribution < -0.4 is 10.0 Å². The molecule has 0 spiro atoms. The van der Waals surface area contributed by atoms with Crippen LogP contribution in [0.5, 0.6) is 0 Å². The lowest BCUT2D eigenvalue weighted by Crippen LogP contribution is -2.29. The zero-order valence-corrected chi connectivity index (χ0v) is 12.6. The molecule has 7 nitrogen and oxygen atoms in total. The van der Waals surface area contributed by atoms with E-state index in [1.54, 1.807) is 0 Å². The van der Waals surface area contributed by atoms with Gasteiger partial charge in [0.15, 0.2) is 4.34 Å². The summed E-state index contributed by atoms with van der Waals surface area (Å²) in [5.41, 5.74) is 0.600. The highest BCUT2D eigenvalue weighted by Gasteiger charge is 2.25. The Labute approximate surface area is 124 Å². The summed E-state index contributed by atoms with van der Waals surface area (Å²) in [6, 6.07) is 0.978. The second-order valence-corrected chi connectivity index (χ2v) is 7.77. The van der Waals surface area contributed by atoms with E-state index in [1.165, 1.54) is 0 Å². The molecule has 0 atom stereocenters. The maximum atomic E-state index is 12.0. The lowest BCUT2D eigenvalue weighted by molar-refractivity contribution is -0.384. The van der Waals surface area contributed by atoms with Crippen LogP contribution in [0, 0.1) is 10.1 Å². The fraction of sp³-hybridized carbons (Fsp3) is 0.400. The van der Waals surface area contributed by atoms with Gasteiger partial charge >= 0.3 is 0 Å². The van der Waals surface area contributed by atoms with Crippen LogP contribution in [-0.4, -0.2) is 33.0 Å². The summed E-state index contributed by atoms with van der Waals surface area (Å²) in [4.78, 5) is 9.96. The fourth-order valence-electron chi connectivity index (χ4n) is 1.68. The van der Waals surface area contributed by atoms with E-state index in [1.807, 2.05) is 6.08 Å². The Bertz CT molecular complexity index is 653. The van der Waals surface area contributed by atoms with Crippen LogP contribution in [-0.2, 0) is 10.0 Å². The summed E-state index contributed by atoms with van der Waals surface area (Å²) in [5, 5.41) is 13.8. The molecule has 0 unspecified atom stereocenters. The maximum Gasteiger partial charge on any atom is 0.300 e. The molecule has 2 heterocycles. The number of hydrogen-bond acceptors (Lipinski definition) is 6. The Morgan fingerprint density at radius 3 is 2.85 bits per heavy atom. The monoisotopic (exact) mass is 337 g/mol. The Balaban J connectivity index is 2.12. The van der Waals surface area contributed by atoms with Gasteiger partial charge in [0.25, 0.3) is 15.7 Å². The minimum absolute atomic E-state index is 0.142. The zero-order chi connectivity index (χ0) is 14.8. The second kappa shape index (κ2) is 6.19. The Kier molecular flexibility index (Phi) is 4.76. The van der Waals surface area contributed by atoms with Gasteiger partial charge in [0.1, 0.15) is 4.21 Å². The van der Waals surface area contributed by atoms with Crippen molar-refractivity contribution in [2.75, 3.05) is 19.6 Å². The van der Waals surface area contributed by atoms with Gasteiger partial charge in [-0.15, -0.1) is 11.3 Å². The van der Waals surface area contributed by atoms with E-state index in [4.69, 9.17) is 11.6 Å². The van der Waals surface area contributed by atoms with E-state index >= 15 is 0 Å². The number of thiophene rings is 1. The van der Waals surface area contributed by atoms with Gasteiger partial charge in [0, 0.05) is 19.2 Å². The Hall–Kier alpha value is -1.00. The predicted octanol–water partition coefficient (Wildman–Crippen LogP) is 1.51. The summed E-state index contributed by atoms with van der Waals surface area (Å²) in [7, 11) is -3.78. The summed E-state index contributed by atoms with van der Waals surface area (Å²) in [6.45, 7) is 1.73. The van der Waals surface area contributed by atoms with E-state index in [2.05, 4.69) is 10.0 Å². The van der Waals surface area contributed by atoms with E-state index in [0.717, 1.165) is 24.6 Å². The lowest BCUT2D eigenvalue weighted by Gasteiger charge is -2.14. The molecule has 0 radical (unpaired) electrons. The lowest BCUT2D eigenvalue weighted by atomic mass is 10.1. The smallest absolute Gasteiger partial charge is 0.300 e. The minimum Gasteiger partial charge on any atom is -0.313 e. The third-order valence-electron chi connectivity index (χ3n) is 2.75. The second-order valence-electron chi connectivity index (χ2n) is 4.12. The molecule has 0 saturated heterocycles. The molecule has 110 valence electrons. The summed E-state index contributed by atoms with van der Waals surface area (Å²) in [5.74, 6) is 0. The summed E-state index contributed by atoms with van der Waals surface area (Å²) in [6.07, 6.45) is 2.70. The molecule has 0 fully saturated rings. The third kappa shape index (κ3) is 3.55. The molecule has 1 aromatic rings. The first-order valence-corrected chi connectivity index (χ1v) is 8.40. The number of hydrogen-bond donors (Lipinski definition) is 2. The number of nitro groups is 1. The molecule has 2 rings (SSSR count). The average molecular weight is 338 g/mol. The van der Waals surface area contributed by atoms with Crippen molar-refractivity contribution in [3.63, 3.8) is 0 Å². The van der Waals surface area contributed by atoms with Crippen molar-refractivity contribution in [3.05, 3.63) is 32.2 Å². The van der Waals surface area contributed by atoms with Gasteiger partial charge in [-0.3, -0.25) is 10.1 Å². The highest BCUT2D eigenvalue weighted by Crippen LogP contribution is 2.36. The van der Waals surface area contributed by atoms with Crippen molar-refractivity contribution >= 4 is 38.6 Å². The average Bonchev–Trinajstić information content (AvgIpc) is 2.81. The molecule has 20 heavy (non-hydrogen) atoms. The van der Waals surface area contributed by atoms with E-state index < -0.39 is 20.6 Å². The van der Waals surface area contributed by atoms with Crippen LogP contribution in [0.25, 0.3) is 0 Å². The number of halogens is 1. The quantitative estimate of drug-likeness (QED) is 0.482. The molecule has 0 aliphatic carbocycles. The van der Waals surface area contributed by atoms with Crippen LogP contribution in [0.15, 0.2) is 21.9 Å². The number of nitrogens with one attached hydrogen (secondary N) is 2. The first-order chi connectivity index (χ1) is 9.40. The maximum absolute atomic E-state index is 12.0. The van der Waals surface area contributed by atoms with E-state index in [0.29, 0.717) is 17.9 Å². The highest BCUT2D eigenvalue weighted by molar-refractivity contribution is 7.91. The Morgan fingerprint density at radius 1 is 1.55 bits per heavy atom. The van der Waals surface area contributed by atoms with E-state index in [-0.39, 0.29) is 15.1 Å². The molecule has 2 N–H and O–H groups in total. The number of nitrogens with zero attached hydrogens (tertiary/aromatic N) is 1. The van der Waals surface area contributed by atoms with E-state index in [9.17, 15) is 18.5 Å². The first-order valence-electron chi connectivity index (χ1n) is 5.72. The third-order valence-corrected chi connectivity index (χ3v) is 5.97. The largest absolute Gasteiger partial charge is 0.313 e. The molecular weight excluding hydrogens is 326 g/mol. The van der Waals surface area contributed by atoms with Crippen molar-refractivity contribution in [3.8, 4) is 0 Å². The SMILES string of the molecule is O=[N+]([O-])c1cc(S(=O)(=O)NCC2=CCNCC2)sc1Cl. The van der Waals surface area contributed by atoms with Gasteiger partial charge in [-0.1, -0.05) is 23.3 Å². The zero-order valence-electron chi connectivity index (χ0n) is 10.3. The van der Waals surface area contributed by atoms with Gasteiger partial charge in [0.2, 0.25) is 0 Å². The van der Waals surface area contributed by atoms with Crippen LogP contribution in [0.4, 0.5) is 5.69 Å². The number of sulfonamides is 1. The predicted molar refractivity (Wildman–Crippen MR) is 76.7 cm³/mol. The minimum atomic E-state index is -3.78. The van der Waals surface area contributed by atoms with Crippen LogP contribution in [0.1, 0.15) is 6.42 Å².